The Morgan fingerprint density at radius 3 is 2.60 bits per heavy atom. The fourth-order valence-corrected chi connectivity index (χ4v) is 3.28. The molecule has 0 aliphatic heterocycles. The molecule has 2 aromatic heterocycles. The summed E-state index contributed by atoms with van der Waals surface area (Å²) in [5.41, 5.74) is 6.40. The van der Waals surface area contributed by atoms with E-state index in [1.165, 1.54) is 16.2 Å². The molecule has 108 valence electrons. The van der Waals surface area contributed by atoms with Gasteiger partial charge in [-0.15, -0.1) is 22.7 Å². The topological polar surface area (TPSA) is 80.9 Å². The maximum Gasteiger partial charge on any atom is 0.271 e. The van der Waals surface area contributed by atoms with Crippen molar-refractivity contribution in [3.8, 4) is 0 Å². The third kappa shape index (κ3) is 3.05. The van der Waals surface area contributed by atoms with Gasteiger partial charge in [-0.2, -0.15) is 0 Å². The summed E-state index contributed by atoms with van der Waals surface area (Å²) in [5.74, 6) is -0.198. The molecule has 0 bridgehead atoms. The molecule has 0 atom stereocenters. The highest BCUT2D eigenvalue weighted by Crippen LogP contribution is 2.27. The Kier molecular flexibility index (Phi) is 4.22. The Morgan fingerprint density at radius 2 is 2.10 bits per heavy atom. The van der Waals surface area contributed by atoms with Crippen LogP contribution in [0.5, 0.6) is 0 Å². The minimum Gasteiger partial charge on any atom is -0.339 e. The number of carbonyl (C=O) groups excluding carboxylic acids is 1. The van der Waals surface area contributed by atoms with E-state index in [1.807, 2.05) is 27.7 Å². The lowest BCUT2D eigenvalue weighted by atomic mass is 10.1. The van der Waals surface area contributed by atoms with Crippen LogP contribution in [0.25, 0.3) is 0 Å². The summed E-state index contributed by atoms with van der Waals surface area (Å²) in [6.07, 6.45) is 0. The molecule has 0 unspecified atom stereocenters. The Hall–Kier alpha value is -1.31. The highest BCUT2D eigenvalue weighted by Gasteiger charge is 2.28. The van der Waals surface area contributed by atoms with Gasteiger partial charge in [-0.3, -0.25) is 4.79 Å². The third-order valence-electron chi connectivity index (χ3n) is 2.95. The summed E-state index contributed by atoms with van der Waals surface area (Å²) in [7, 11) is 0. The molecule has 0 spiro atoms. The van der Waals surface area contributed by atoms with Gasteiger partial charge in [0, 0.05) is 16.8 Å². The van der Waals surface area contributed by atoms with E-state index in [9.17, 15) is 4.79 Å². The number of hydrogen-bond acceptors (Lipinski definition) is 6. The molecule has 7 heteroatoms. The molecular weight excluding hydrogens is 292 g/mol. The first-order chi connectivity index (χ1) is 9.33. The van der Waals surface area contributed by atoms with Gasteiger partial charge in [-0.1, -0.05) is 0 Å². The second-order valence-corrected chi connectivity index (χ2v) is 7.22. The van der Waals surface area contributed by atoms with Crippen LogP contribution in [0.2, 0.25) is 0 Å². The highest BCUT2D eigenvalue weighted by molar-refractivity contribution is 7.11. The van der Waals surface area contributed by atoms with Gasteiger partial charge in [0.25, 0.3) is 5.91 Å². The van der Waals surface area contributed by atoms with Crippen molar-refractivity contribution in [1.82, 2.24) is 15.3 Å². The maximum atomic E-state index is 12.2. The molecular formula is C13H18N4OS2. The summed E-state index contributed by atoms with van der Waals surface area (Å²) >= 11 is 3.00. The van der Waals surface area contributed by atoms with Crippen molar-refractivity contribution in [2.24, 2.45) is 5.73 Å². The predicted molar refractivity (Wildman–Crippen MR) is 82.1 cm³/mol. The number of aryl methyl sites for hydroxylation is 2. The van der Waals surface area contributed by atoms with Crippen LogP contribution in [-0.2, 0) is 12.1 Å². The molecule has 0 radical (unpaired) electrons. The quantitative estimate of drug-likeness (QED) is 0.908. The van der Waals surface area contributed by atoms with Gasteiger partial charge in [0.2, 0.25) is 0 Å². The van der Waals surface area contributed by atoms with Crippen LogP contribution >= 0.6 is 22.7 Å². The van der Waals surface area contributed by atoms with Crippen molar-refractivity contribution in [2.75, 3.05) is 0 Å². The van der Waals surface area contributed by atoms with Crippen molar-refractivity contribution in [3.05, 3.63) is 31.7 Å². The van der Waals surface area contributed by atoms with Crippen LogP contribution in [0.1, 0.15) is 44.9 Å². The lowest BCUT2D eigenvalue weighted by Crippen LogP contribution is -2.41. The van der Waals surface area contributed by atoms with Crippen molar-refractivity contribution in [3.63, 3.8) is 0 Å². The minimum absolute atomic E-state index is 0.198. The van der Waals surface area contributed by atoms with E-state index in [1.54, 1.807) is 16.7 Å². The zero-order chi connectivity index (χ0) is 14.9. The summed E-state index contributed by atoms with van der Waals surface area (Å²) in [6, 6.07) is 0. The molecule has 2 heterocycles. The van der Waals surface area contributed by atoms with E-state index in [0.717, 1.165) is 15.7 Å². The molecule has 3 N–H and O–H groups in total. The molecule has 0 saturated heterocycles. The van der Waals surface area contributed by atoms with Crippen LogP contribution in [0.4, 0.5) is 0 Å². The summed E-state index contributed by atoms with van der Waals surface area (Å²) in [5, 5.41) is 6.36. The fourth-order valence-electron chi connectivity index (χ4n) is 1.65. The molecule has 0 aliphatic rings. The van der Waals surface area contributed by atoms with Gasteiger partial charge in [-0.05, 0) is 27.7 Å². The van der Waals surface area contributed by atoms with Crippen LogP contribution in [0, 0.1) is 13.8 Å². The molecule has 20 heavy (non-hydrogen) atoms. The average molecular weight is 310 g/mol. The van der Waals surface area contributed by atoms with E-state index >= 15 is 0 Å². The Labute approximate surface area is 126 Å². The molecule has 0 aromatic carbocycles. The number of thiazole rings is 2. The lowest BCUT2D eigenvalue weighted by Gasteiger charge is -2.23. The predicted octanol–water partition coefficient (Wildman–Crippen LogP) is 2.34. The van der Waals surface area contributed by atoms with E-state index in [0.29, 0.717) is 12.2 Å². The molecule has 0 saturated carbocycles. The Bertz CT molecular complexity index is 611. The number of carbonyl (C=O) groups is 1. The smallest absolute Gasteiger partial charge is 0.271 e. The van der Waals surface area contributed by atoms with Crippen molar-refractivity contribution >= 4 is 28.6 Å². The van der Waals surface area contributed by atoms with Gasteiger partial charge in [0.05, 0.1) is 11.2 Å². The minimum atomic E-state index is -0.521. The standard InChI is InChI=1S/C13H18N4OS2/c1-7-8(2)20-12(15-7)13(3,4)17-11(18)9-6-19-10(5-14)16-9/h6H,5,14H2,1-4H3,(H,17,18). The van der Waals surface area contributed by atoms with E-state index in [4.69, 9.17) is 5.73 Å². The molecule has 0 fully saturated rings. The van der Waals surface area contributed by atoms with Gasteiger partial charge < -0.3 is 11.1 Å². The Morgan fingerprint density at radius 1 is 1.40 bits per heavy atom. The molecule has 1 amide bonds. The molecule has 0 aliphatic carbocycles. The molecule has 2 aromatic rings. The zero-order valence-corrected chi connectivity index (χ0v) is 13.6. The largest absolute Gasteiger partial charge is 0.339 e. The fraction of sp³-hybridized carbons (Fsp3) is 0.462. The van der Waals surface area contributed by atoms with Gasteiger partial charge in [0.15, 0.2) is 0 Å². The van der Waals surface area contributed by atoms with Crippen molar-refractivity contribution in [1.29, 1.82) is 0 Å². The van der Waals surface area contributed by atoms with Gasteiger partial charge >= 0.3 is 0 Å². The maximum absolute atomic E-state index is 12.2. The summed E-state index contributed by atoms with van der Waals surface area (Å²) in [4.78, 5) is 22.1. The normalized spacial score (nSPS) is 11.7. The van der Waals surface area contributed by atoms with E-state index in [-0.39, 0.29) is 5.91 Å². The van der Waals surface area contributed by atoms with Crippen LogP contribution in [0.3, 0.4) is 0 Å². The van der Waals surface area contributed by atoms with E-state index in [2.05, 4.69) is 15.3 Å². The van der Waals surface area contributed by atoms with Gasteiger partial charge in [0.1, 0.15) is 15.7 Å². The summed E-state index contributed by atoms with van der Waals surface area (Å²) in [6.45, 7) is 8.24. The third-order valence-corrected chi connectivity index (χ3v) is 5.22. The number of amides is 1. The average Bonchev–Trinajstić information content (AvgIpc) is 2.97. The first-order valence-electron chi connectivity index (χ1n) is 6.25. The second-order valence-electron chi connectivity index (χ2n) is 5.07. The highest BCUT2D eigenvalue weighted by atomic mass is 32.1. The first-order valence-corrected chi connectivity index (χ1v) is 7.94. The zero-order valence-electron chi connectivity index (χ0n) is 12.0. The number of rotatable bonds is 4. The number of aromatic nitrogens is 2. The van der Waals surface area contributed by atoms with Crippen molar-refractivity contribution in [2.45, 2.75) is 39.8 Å². The Balaban J connectivity index is 2.16. The number of nitrogens with one attached hydrogen (secondary N) is 1. The van der Waals surface area contributed by atoms with Crippen LogP contribution < -0.4 is 11.1 Å². The molecule has 2 rings (SSSR count). The monoisotopic (exact) mass is 310 g/mol. The van der Waals surface area contributed by atoms with Crippen LogP contribution in [-0.4, -0.2) is 15.9 Å². The van der Waals surface area contributed by atoms with Crippen molar-refractivity contribution < 1.29 is 4.79 Å². The number of nitrogens with two attached hydrogens (primary N) is 1. The first kappa shape index (κ1) is 15.1. The SMILES string of the molecule is Cc1nc(C(C)(C)NC(=O)c2csc(CN)n2)sc1C. The lowest BCUT2D eigenvalue weighted by molar-refractivity contribution is 0.0907. The number of hydrogen-bond donors (Lipinski definition) is 2. The summed E-state index contributed by atoms with van der Waals surface area (Å²) < 4.78 is 0. The number of nitrogens with zero attached hydrogens (tertiary/aromatic N) is 2. The van der Waals surface area contributed by atoms with Gasteiger partial charge in [-0.25, -0.2) is 9.97 Å². The van der Waals surface area contributed by atoms with E-state index < -0.39 is 5.54 Å². The van der Waals surface area contributed by atoms with Crippen LogP contribution in [0.15, 0.2) is 5.38 Å². The second kappa shape index (κ2) is 5.59. The molecule has 5 nitrogen and oxygen atoms in total.